The van der Waals surface area contributed by atoms with E-state index in [0.29, 0.717) is 17.4 Å². The van der Waals surface area contributed by atoms with Gasteiger partial charge in [-0.3, -0.25) is 9.93 Å². The zero-order valence-electron chi connectivity index (χ0n) is 15.2. The highest BCUT2D eigenvalue weighted by Crippen LogP contribution is 2.25. The number of nitrogens with zero attached hydrogens (tertiary/aromatic N) is 2. The van der Waals surface area contributed by atoms with E-state index in [-0.39, 0.29) is 10.8 Å². The van der Waals surface area contributed by atoms with Crippen LogP contribution in [0.5, 0.6) is 0 Å². The van der Waals surface area contributed by atoms with E-state index in [0.717, 1.165) is 28.0 Å². The van der Waals surface area contributed by atoms with Crippen LogP contribution in [-0.2, 0) is 4.79 Å². The topological polar surface area (TPSA) is 120 Å². The number of amides is 1. The van der Waals surface area contributed by atoms with Crippen molar-refractivity contribution in [2.45, 2.75) is 13.8 Å². The van der Waals surface area contributed by atoms with Gasteiger partial charge in [-0.05, 0) is 61.4 Å². The Balaban J connectivity index is 2.12. The minimum absolute atomic E-state index is 0.262. The zero-order chi connectivity index (χ0) is 19.8. The van der Waals surface area contributed by atoms with Gasteiger partial charge in [0.1, 0.15) is 17.0 Å². The number of allylic oxidation sites excluding steroid dienone is 3. The summed E-state index contributed by atoms with van der Waals surface area (Å²) >= 11 is 2.36. The molecular weight excluding hydrogens is 382 g/mol. The number of nitrogens with two attached hydrogens (primary N) is 2. The molecule has 2 aromatic heterocycles. The molecule has 0 radical (unpaired) electrons. The fourth-order valence-corrected chi connectivity index (χ4v) is 3.05. The summed E-state index contributed by atoms with van der Waals surface area (Å²) in [6, 6.07) is 3.58. The normalized spacial score (nSPS) is 13.3. The molecular formula is C18H21N5O2S2. The number of thioether (sulfide) groups is 1. The number of oxazole rings is 1. The van der Waals surface area contributed by atoms with Crippen LogP contribution in [0.2, 0.25) is 0 Å². The molecule has 0 bridgehead atoms. The summed E-state index contributed by atoms with van der Waals surface area (Å²) in [5.41, 5.74) is 7.91. The van der Waals surface area contributed by atoms with E-state index in [1.54, 1.807) is 43.4 Å². The second-order valence-corrected chi connectivity index (χ2v) is 6.99. The summed E-state index contributed by atoms with van der Waals surface area (Å²) in [5.74, 6) is 0.624. The predicted octanol–water partition coefficient (Wildman–Crippen LogP) is 3.61. The molecule has 0 fully saturated rings. The maximum atomic E-state index is 12.1. The molecule has 0 saturated heterocycles. The lowest BCUT2D eigenvalue weighted by Crippen LogP contribution is -2.17. The SMILES string of the molecule is CS/C(=C\C(C)=C\c1ccc(NC(=O)/C(SN)=C(\C)N)nc1)c1ncco1. The highest BCUT2D eigenvalue weighted by atomic mass is 32.2. The second-order valence-electron chi connectivity index (χ2n) is 5.50. The number of aromatic nitrogens is 2. The molecule has 142 valence electrons. The van der Waals surface area contributed by atoms with Crippen molar-refractivity contribution in [1.82, 2.24) is 9.97 Å². The third-order valence-electron chi connectivity index (χ3n) is 3.33. The molecule has 2 heterocycles. The fourth-order valence-electron chi connectivity index (χ4n) is 2.13. The molecule has 0 atom stereocenters. The van der Waals surface area contributed by atoms with Gasteiger partial charge in [-0.2, -0.15) is 0 Å². The summed E-state index contributed by atoms with van der Waals surface area (Å²) in [6.45, 7) is 3.60. The maximum absolute atomic E-state index is 12.1. The molecule has 9 heteroatoms. The Hall–Kier alpha value is -2.49. The van der Waals surface area contributed by atoms with Crippen LogP contribution in [0.3, 0.4) is 0 Å². The molecule has 0 aliphatic carbocycles. The average Bonchev–Trinajstić information content (AvgIpc) is 3.16. The van der Waals surface area contributed by atoms with E-state index >= 15 is 0 Å². The van der Waals surface area contributed by atoms with Crippen molar-refractivity contribution in [3.63, 3.8) is 0 Å². The summed E-state index contributed by atoms with van der Waals surface area (Å²) in [5, 5.41) is 8.13. The average molecular weight is 404 g/mol. The third kappa shape index (κ3) is 6.02. The zero-order valence-corrected chi connectivity index (χ0v) is 16.9. The summed E-state index contributed by atoms with van der Waals surface area (Å²) in [4.78, 5) is 21.7. The third-order valence-corrected chi connectivity index (χ3v) is 4.80. The Morgan fingerprint density at radius 1 is 1.30 bits per heavy atom. The number of nitrogens with one attached hydrogen (secondary N) is 1. The van der Waals surface area contributed by atoms with E-state index in [9.17, 15) is 4.79 Å². The lowest BCUT2D eigenvalue weighted by molar-refractivity contribution is -0.112. The van der Waals surface area contributed by atoms with Crippen molar-refractivity contribution < 1.29 is 9.21 Å². The molecule has 7 nitrogen and oxygen atoms in total. The Bertz CT molecular complexity index is 868. The number of hydrogen-bond acceptors (Lipinski definition) is 8. The quantitative estimate of drug-likeness (QED) is 0.364. The largest absolute Gasteiger partial charge is 0.444 e. The molecule has 27 heavy (non-hydrogen) atoms. The predicted molar refractivity (Wildman–Crippen MR) is 113 cm³/mol. The molecule has 0 aromatic carbocycles. The van der Waals surface area contributed by atoms with Gasteiger partial charge in [0.2, 0.25) is 5.89 Å². The maximum Gasteiger partial charge on any atom is 0.266 e. The molecule has 0 aliphatic heterocycles. The van der Waals surface area contributed by atoms with Crippen LogP contribution in [0.4, 0.5) is 5.82 Å². The van der Waals surface area contributed by atoms with Crippen molar-refractivity contribution in [3.05, 3.63) is 64.5 Å². The van der Waals surface area contributed by atoms with Crippen LogP contribution in [0.15, 0.2) is 57.5 Å². The molecule has 0 saturated carbocycles. The minimum atomic E-state index is -0.382. The molecule has 0 unspecified atom stereocenters. The highest BCUT2D eigenvalue weighted by Gasteiger charge is 2.12. The van der Waals surface area contributed by atoms with Crippen molar-refractivity contribution in [2.75, 3.05) is 11.6 Å². The summed E-state index contributed by atoms with van der Waals surface area (Å²) in [7, 11) is 0. The van der Waals surface area contributed by atoms with E-state index in [1.165, 1.54) is 0 Å². The van der Waals surface area contributed by atoms with Gasteiger partial charge >= 0.3 is 0 Å². The number of pyridine rings is 1. The molecule has 1 amide bonds. The number of rotatable bonds is 7. The number of carbonyl (C=O) groups is 1. The second kappa shape index (κ2) is 10.0. The molecule has 0 spiro atoms. The van der Waals surface area contributed by atoms with Crippen LogP contribution in [0.1, 0.15) is 25.3 Å². The van der Waals surface area contributed by atoms with Gasteiger partial charge in [-0.25, -0.2) is 9.97 Å². The van der Waals surface area contributed by atoms with Gasteiger partial charge in [0.05, 0.1) is 11.1 Å². The van der Waals surface area contributed by atoms with E-state index < -0.39 is 0 Å². The summed E-state index contributed by atoms with van der Waals surface area (Å²) in [6.07, 6.45) is 10.8. The van der Waals surface area contributed by atoms with Crippen molar-refractivity contribution in [3.8, 4) is 0 Å². The molecule has 0 aliphatic rings. The standard InChI is InChI=1S/C18H21N5O2S2/c1-11(9-14(26-3)18-21-6-7-25-18)8-13-4-5-15(22-10-13)23-17(24)16(27-20)12(2)19/h4-10H,19-20H2,1-3H3,(H,22,23,24)/b11-8+,14-9-,16-12-. The number of anilines is 1. The van der Waals surface area contributed by atoms with Crippen LogP contribution < -0.4 is 16.2 Å². The minimum Gasteiger partial charge on any atom is -0.444 e. The molecule has 2 rings (SSSR count). The lowest BCUT2D eigenvalue weighted by atomic mass is 10.2. The Morgan fingerprint density at radius 3 is 2.59 bits per heavy atom. The lowest BCUT2D eigenvalue weighted by Gasteiger charge is -2.07. The Kier molecular flexibility index (Phi) is 7.71. The first-order chi connectivity index (χ1) is 12.9. The van der Waals surface area contributed by atoms with Crippen LogP contribution in [0, 0.1) is 0 Å². The first-order valence-electron chi connectivity index (χ1n) is 7.89. The van der Waals surface area contributed by atoms with Gasteiger partial charge in [0.25, 0.3) is 5.91 Å². The van der Waals surface area contributed by atoms with E-state index in [1.807, 2.05) is 31.4 Å². The highest BCUT2D eigenvalue weighted by molar-refractivity contribution is 8.07. The number of carbonyl (C=O) groups excluding carboxylic acids is 1. The first kappa shape index (κ1) is 20.8. The van der Waals surface area contributed by atoms with Gasteiger partial charge in [0.15, 0.2) is 0 Å². The molecule has 2 aromatic rings. The van der Waals surface area contributed by atoms with Crippen molar-refractivity contribution >= 4 is 46.4 Å². The van der Waals surface area contributed by atoms with Gasteiger partial charge < -0.3 is 15.5 Å². The van der Waals surface area contributed by atoms with Crippen LogP contribution in [-0.4, -0.2) is 22.1 Å². The van der Waals surface area contributed by atoms with Gasteiger partial charge in [-0.1, -0.05) is 6.08 Å². The van der Waals surface area contributed by atoms with Crippen molar-refractivity contribution in [2.24, 2.45) is 10.9 Å². The Morgan fingerprint density at radius 2 is 2.07 bits per heavy atom. The monoisotopic (exact) mass is 403 g/mol. The molecule has 5 N–H and O–H groups in total. The smallest absolute Gasteiger partial charge is 0.266 e. The first-order valence-corrected chi connectivity index (χ1v) is 9.99. The van der Waals surface area contributed by atoms with Gasteiger partial charge in [-0.15, -0.1) is 11.8 Å². The van der Waals surface area contributed by atoms with Crippen LogP contribution in [0.25, 0.3) is 11.0 Å². The van der Waals surface area contributed by atoms with Gasteiger partial charge in [0, 0.05) is 11.9 Å². The fraction of sp³-hybridized carbons (Fsp3) is 0.167. The van der Waals surface area contributed by atoms with E-state index in [4.69, 9.17) is 15.3 Å². The number of hydrogen-bond donors (Lipinski definition) is 3. The van der Waals surface area contributed by atoms with Crippen molar-refractivity contribution in [1.29, 1.82) is 0 Å². The van der Waals surface area contributed by atoms with E-state index in [2.05, 4.69) is 15.3 Å². The summed E-state index contributed by atoms with van der Waals surface area (Å²) < 4.78 is 5.33. The van der Waals surface area contributed by atoms with Crippen LogP contribution >= 0.6 is 23.7 Å². The Labute approximate surface area is 166 Å².